The molecule has 4 rings (SSSR count). The summed E-state index contributed by atoms with van der Waals surface area (Å²) in [7, 11) is 0. The molecule has 0 atom stereocenters. The van der Waals surface area contributed by atoms with Crippen LogP contribution < -0.4 is 0 Å². The largest absolute Gasteiger partial charge is 0.411 e. The van der Waals surface area contributed by atoms with Crippen LogP contribution in [0.5, 0.6) is 0 Å². The lowest BCUT2D eigenvalue weighted by atomic mass is 10.0. The Morgan fingerprint density at radius 3 is 2.77 bits per heavy atom. The van der Waals surface area contributed by atoms with E-state index >= 15 is 0 Å². The zero-order valence-corrected chi connectivity index (χ0v) is 13.4. The molecule has 1 aliphatic rings. The maximum absolute atomic E-state index is 9.07. The van der Waals surface area contributed by atoms with Crippen molar-refractivity contribution in [1.82, 2.24) is 9.38 Å². The number of fused-ring (bicyclic) bond motifs is 3. The van der Waals surface area contributed by atoms with E-state index in [2.05, 4.69) is 9.56 Å². The Morgan fingerprint density at radius 1 is 1.23 bits per heavy atom. The number of oxime groups is 1. The zero-order valence-electron chi connectivity index (χ0n) is 11.8. The molecular formula is C16H14ClN3OS. The first-order valence-corrected chi connectivity index (χ1v) is 8.44. The van der Waals surface area contributed by atoms with Crippen molar-refractivity contribution >= 4 is 34.1 Å². The van der Waals surface area contributed by atoms with Gasteiger partial charge in [-0.15, -0.1) is 11.3 Å². The first-order chi connectivity index (χ1) is 10.8. The van der Waals surface area contributed by atoms with Crippen molar-refractivity contribution in [2.24, 2.45) is 5.16 Å². The molecule has 0 saturated carbocycles. The second-order valence-corrected chi connectivity index (χ2v) is 6.89. The van der Waals surface area contributed by atoms with Crippen molar-refractivity contribution in [3.05, 3.63) is 45.6 Å². The zero-order chi connectivity index (χ0) is 15.1. The topological polar surface area (TPSA) is 49.9 Å². The van der Waals surface area contributed by atoms with Crippen molar-refractivity contribution in [3.8, 4) is 11.3 Å². The van der Waals surface area contributed by atoms with E-state index in [9.17, 15) is 0 Å². The Hall–Kier alpha value is -1.85. The third kappa shape index (κ3) is 2.12. The van der Waals surface area contributed by atoms with Gasteiger partial charge >= 0.3 is 0 Å². The fraction of sp³-hybridized carbons (Fsp3) is 0.250. The Labute approximate surface area is 136 Å². The lowest BCUT2D eigenvalue weighted by Gasteiger charge is -2.11. The lowest BCUT2D eigenvalue weighted by Crippen LogP contribution is -2.05. The van der Waals surface area contributed by atoms with Gasteiger partial charge in [-0.25, -0.2) is 4.98 Å². The summed E-state index contributed by atoms with van der Waals surface area (Å²) in [6.07, 6.45) is 6.09. The summed E-state index contributed by atoms with van der Waals surface area (Å²) in [6.45, 7) is 0. The van der Waals surface area contributed by atoms with E-state index in [1.54, 1.807) is 11.3 Å². The number of rotatable bonds is 2. The van der Waals surface area contributed by atoms with Crippen LogP contribution in [0.2, 0.25) is 5.02 Å². The van der Waals surface area contributed by atoms with E-state index < -0.39 is 0 Å². The number of aromatic nitrogens is 2. The monoisotopic (exact) mass is 331 g/mol. The highest BCUT2D eigenvalue weighted by molar-refractivity contribution is 7.17. The first-order valence-electron chi connectivity index (χ1n) is 7.24. The average molecular weight is 332 g/mol. The molecule has 22 heavy (non-hydrogen) atoms. The molecule has 112 valence electrons. The maximum atomic E-state index is 9.07. The maximum Gasteiger partial charge on any atom is 0.195 e. The van der Waals surface area contributed by atoms with Crippen molar-refractivity contribution in [3.63, 3.8) is 0 Å². The summed E-state index contributed by atoms with van der Waals surface area (Å²) in [5, 5.41) is 13.0. The minimum absolute atomic E-state index is 0.694. The van der Waals surface area contributed by atoms with E-state index in [0.29, 0.717) is 5.02 Å². The van der Waals surface area contributed by atoms with Gasteiger partial charge in [0.15, 0.2) is 4.96 Å². The molecule has 3 aromatic rings. The molecule has 6 heteroatoms. The van der Waals surface area contributed by atoms with Crippen molar-refractivity contribution in [2.75, 3.05) is 0 Å². The molecule has 0 bridgehead atoms. The third-order valence-electron chi connectivity index (χ3n) is 4.05. The van der Waals surface area contributed by atoms with E-state index in [1.807, 2.05) is 24.3 Å². The van der Waals surface area contributed by atoms with Gasteiger partial charge in [-0.1, -0.05) is 28.9 Å². The van der Waals surface area contributed by atoms with Gasteiger partial charge in [0.1, 0.15) is 0 Å². The smallest absolute Gasteiger partial charge is 0.195 e. The summed E-state index contributed by atoms with van der Waals surface area (Å²) in [4.78, 5) is 7.14. The molecule has 1 N–H and O–H groups in total. The van der Waals surface area contributed by atoms with Gasteiger partial charge in [0.05, 0.1) is 17.6 Å². The number of hydrogen-bond acceptors (Lipinski definition) is 4. The van der Waals surface area contributed by atoms with Gasteiger partial charge < -0.3 is 5.21 Å². The van der Waals surface area contributed by atoms with Gasteiger partial charge in [0.25, 0.3) is 0 Å². The van der Waals surface area contributed by atoms with Crippen LogP contribution in [-0.4, -0.2) is 20.8 Å². The number of nitrogens with zero attached hydrogens (tertiary/aromatic N) is 3. The second kappa shape index (κ2) is 5.41. The van der Waals surface area contributed by atoms with E-state index in [0.717, 1.165) is 34.8 Å². The molecule has 1 aromatic carbocycles. The molecular weight excluding hydrogens is 318 g/mol. The van der Waals surface area contributed by atoms with Crippen LogP contribution in [-0.2, 0) is 12.8 Å². The van der Waals surface area contributed by atoms with Gasteiger partial charge in [0.2, 0.25) is 0 Å². The molecule has 2 heterocycles. The predicted molar refractivity (Wildman–Crippen MR) is 89.5 cm³/mol. The molecule has 0 amide bonds. The van der Waals surface area contributed by atoms with Gasteiger partial charge in [0, 0.05) is 21.2 Å². The quantitative estimate of drug-likeness (QED) is 0.430. The van der Waals surface area contributed by atoms with Crippen LogP contribution in [0.1, 0.15) is 29.1 Å². The average Bonchev–Trinajstić information content (AvgIpc) is 3.05. The first kappa shape index (κ1) is 13.8. The van der Waals surface area contributed by atoms with Crippen molar-refractivity contribution in [1.29, 1.82) is 0 Å². The lowest BCUT2D eigenvalue weighted by molar-refractivity contribution is 0.321. The van der Waals surface area contributed by atoms with Gasteiger partial charge in [-0.3, -0.25) is 4.40 Å². The van der Waals surface area contributed by atoms with E-state index in [1.165, 1.54) is 29.6 Å². The number of imidazole rings is 1. The van der Waals surface area contributed by atoms with Crippen LogP contribution in [0.3, 0.4) is 0 Å². The minimum atomic E-state index is 0.694. The molecule has 2 aromatic heterocycles. The van der Waals surface area contributed by atoms with Crippen LogP contribution in [0.4, 0.5) is 0 Å². The highest BCUT2D eigenvalue weighted by Gasteiger charge is 2.22. The SMILES string of the molecule is O/N=C\c1c(-c2ccc(Cl)cc2)nc2sc3c(n12)CCCC3. The summed E-state index contributed by atoms with van der Waals surface area (Å²) in [5.74, 6) is 0. The van der Waals surface area contributed by atoms with Crippen LogP contribution in [0.25, 0.3) is 16.2 Å². The standard InChI is InChI=1S/C16H14ClN3OS/c17-11-7-5-10(6-8-11)15-13(9-18-21)20-12-3-1-2-4-14(12)22-16(20)19-15/h5-9,21H,1-4H2/b18-9-. The molecule has 0 aliphatic heterocycles. The number of benzene rings is 1. The van der Waals surface area contributed by atoms with Crippen LogP contribution in [0.15, 0.2) is 29.4 Å². The Balaban J connectivity index is 1.97. The highest BCUT2D eigenvalue weighted by atomic mass is 35.5. The predicted octanol–water partition coefficient (Wildman–Crippen LogP) is 4.40. The molecule has 0 radical (unpaired) electrons. The Morgan fingerprint density at radius 2 is 2.00 bits per heavy atom. The van der Waals surface area contributed by atoms with Gasteiger partial charge in [-0.2, -0.15) is 0 Å². The number of hydrogen-bond donors (Lipinski definition) is 1. The molecule has 0 fully saturated rings. The van der Waals surface area contributed by atoms with Crippen LogP contribution in [0, 0.1) is 0 Å². The summed E-state index contributed by atoms with van der Waals surface area (Å²) >= 11 is 7.70. The van der Waals surface area contributed by atoms with Gasteiger partial charge in [-0.05, 0) is 37.8 Å². The van der Waals surface area contributed by atoms with Crippen molar-refractivity contribution in [2.45, 2.75) is 25.7 Å². The van der Waals surface area contributed by atoms with Crippen molar-refractivity contribution < 1.29 is 5.21 Å². The van der Waals surface area contributed by atoms with Crippen LogP contribution >= 0.6 is 22.9 Å². The fourth-order valence-electron chi connectivity index (χ4n) is 3.05. The normalized spacial score (nSPS) is 14.8. The highest BCUT2D eigenvalue weighted by Crippen LogP contribution is 2.34. The summed E-state index contributed by atoms with van der Waals surface area (Å²) < 4.78 is 2.14. The summed E-state index contributed by atoms with van der Waals surface area (Å²) in [5.41, 5.74) is 3.95. The van der Waals surface area contributed by atoms with E-state index in [4.69, 9.17) is 21.8 Å². The summed E-state index contributed by atoms with van der Waals surface area (Å²) in [6, 6.07) is 7.57. The number of thiazole rings is 1. The Bertz CT molecular complexity index is 864. The third-order valence-corrected chi connectivity index (χ3v) is 5.45. The molecule has 0 saturated heterocycles. The molecule has 0 spiro atoms. The Kier molecular flexibility index (Phi) is 3.39. The minimum Gasteiger partial charge on any atom is -0.411 e. The fourth-order valence-corrected chi connectivity index (χ4v) is 4.39. The molecule has 0 unspecified atom stereocenters. The molecule has 4 nitrogen and oxygen atoms in total. The molecule has 1 aliphatic carbocycles. The number of aryl methyl sites for hydroxylation is 2. The van der Waals surface area contributed by atoms with E-state index in [-0.39, 0.29) is 0 Å². The number of halogens is 1. The second-order valence-electron chi connectivity index (χ2n) is 5.39.